The van der Waals surface area contributed by atoms with Gasteiger partial charge in [0.15, 0.2) is 5.82 Å². The van der Waals surface area contributed by atoms with E-state index in [-0.39, 0.29) is 11.4 Å². The maximum Gasteiger partial charge on any atom is 0.340 e. The first-order valence-electron chi connectivity index (χ1n) is 8.00. The van der Waals surface area contributed by atoms with Gasteiger partial charge in [0.2, 0.25) is 0 Å². The van der Waals surface area contributed by atoms with Gasteiger partial charge in [0.1, 0.15) is 16.4 Å². The minimum atomic E-state index is -1.06. The van der Waals surface area contributed by atoms with Gasteiger partial charge in [0.25, 0.3) is 0 Å². The van der Waals surface area contributed by atoms with Crippen LogP contribution in [0.3, 0.4) is 0 Å². The highest BCUT2D eigenvalue weighted by molar-refractivity contribution is 7.98. The van der Waals surface area contributed by atoms with E-state index in [1.54, 1.807) is 19.1 Å². The predicted molar refractivity (Wildman–Crippen MR) is 99.9 cm³/mol. The van der Waals surface area contributed by atoms with Crippen LogP contribution >= 0.6 is 11.8 Å². The van der Waals surface area contributed by atoms with E-state index in [9.17, 15) is 14.3 Å². The van der Waals surface area contributed by atoms with Crippen LogP contribution in [0.1, 0.15) is 27.2 Å². The molecule has 4 nitrogen and oxygen atoms in total. The number of aryl methyl sites for hydroxylation is 2. The van der Waals surface area contributed by atoms with Gasteiger partial charge in [0.05, 0.1) is 5.69 Å². The Morgan fingerprint density at radius 3 is 2.50 bits per heavy atom. The topological polar surface area (TPSA) is 63.1 Å². The first-order valence-corrected chi connectivity index (χ1v) is 8.99. The van der Waals surface area contributed by atoms with E-state index in [4.69, 9.17) is 0 Å². The van der Waals surface area contributed by atoms with Gasteiger partial charge in [-0.05, 0) is 43.7 Å². The average Bonchev–Trinajstić information content (AvgIpc) is 2.60. The molecule has 26 heavy (non-hydrogen) atoms. The molecule has 0 saturated heterocycles. The molecule has 0 aliphatic carbocycles. The molecule has 3 rings (SSSR count). The maximum atomic E-state index is 13.1. The van der Waals surface area contributed by atoms with Crippen LogP contribution in [0, 0.1) is 19.7 Å². The lowest BCUT2D eigenvalue weighted by Crippen LogP contribution is -2.08. The number of halogens is 1. The fourth-order valence-electron chi connectivity index (χ4n) is 2.58. The van der Waals surface area contributed by atoms with Gasteiger partial charge < -0.3 is 5.11 Å². The van der Waals surface area contributed by atoms with Crippen LogP contribution in [0.5, 0.6) is 0 Å². The molecule has 0 aliphatic heterocycles. The fraction of sp³-hybridized carbons (Fsp3) is 0.150. The van der Waals surface area contributed by atoms with E-state index in [0.29, 0.717) is 27.9 Å². The molecule has 0 atom stereocenters. The Balaban J connectivity index is 1.98. The smallest absolute Gasteiger partial charge is 0.340 e. The van der Waals surface area contributed by atoms with Gasteiger partial charge >= 0.3 is 5.97 Å². The zero-order valence-corrected chi connectivity index (χ0v) is 15.2. The number of carboxylic acids is 1. The number of carbonyl (C=O) groups is 1. The molecule has 6 heteroatoms. The van der Waals surface area contributed by atoms with Crippen molar-refractivity contribution in [1.29, 1.82) is 0 Å². The second kappa shape index (κ2) is 7.66. The van der Waals surface area contributed by atoms with Crippen molar-refractivity contribution in [3.63, 3.8) is 0 Å². The zero-order valence-electron chi connectivity index (χ0n) is 14.4. The molecule has 1 aromatic heterocycles. The van der Waals surface area contributed by atoms with Crippen molar-refractivity contribution >= 4 is 17.7 Å². The van der Waals surface area contributed by atoms with Gasteiger partial charge in [0, 0.05) is 11.3 Å². The number of thioether (sulfide) groups is 1. The minimum absolute atomic E-state index is 0.105. The summed E-state index contributed by atoms with van der Waals surface area (Å²) in [6.45, 7) is 3.66. The maximum absolute atomic E-state index is 13.1. The number of aromatic nitrogens is 2. The highest BCUT2D eigenvalue weighted by Gasteiger charge is 2.19. The van der Waals surface area contributed by atoms with Gasteiger partial charge in [-0.3, -0.25) is 0 Å². The third-order valence-corrected chi connectivity index (χ3v) is 4.88. The largest absolute Gasteiger partial charge is 0.478 e. The van der Waals surface area contributed by atoms with Crippen LogP contribution in [0.2, 0.25) is 0 Å². The van der Waals surface area contributed by atoms with Crippen molar-refractivity contribution in [3.8, 4) is 11.4 Å². The number of hydrogen-bond donors (Lipinski definition) is 1. The number of carboxylic acid groups (broad SMARTS) is 1. The molecule has 0 unspecified atom stereocenters. The Morgan fingerprint density at radius 2 is 1.85 bits per heavy atom. The Labute approximate surface area is 155 Å². The molecular weight excluding hydrogens is 351 g/mol. The van der Waals surface area contributed by atoms with E-state index in [2.05, 4.69) is 16.0 Å². The van der Waals surface area contributed by atoms with Crippen LogP contribution in [0.4, 0.5) is 4.39 Å². The summed E-state index contributed by atoms with van der Waals surface area (Å²) in [5, 5.41) is 9.95. The predicted octanol–water partition coefficient (Wildman–Crippen LogP) is 4.89. The summed E-state index contributed by atoms with van der Waals surface area (Å²) in [6.07, 6.45) is 0. The quantitative estimate of drug-likeness (QED) is 0.513. The Bertz CT molecular complexity index is 959. The average molecular weight is 368 g/mol. The van der Waals surface area contributed by atoms with Crippen LogP contribution in [-0.2, 0) is 5.75 Å². The fourth-order valence-corrected chi connectivity index (χ4v) is 3.59. The Kier molecular flexibility index (Phi) is 5.32. The molecule has 2 aromatic carbocycles. The molecule has 1 heterocycles. The summed E-state index contributed by atoms with van der Waals surface area (Å²) in [7, 11) is 0. The minimum Gasteiger partial charge on any atom is -0.478 e. The van der Waals surface area contributed by atoms with E-state index in [1.165, 1.54) is 23.9 Å². The van der Waals surface area contributed by atoms with E-state index >= 15 is 0 Å². The van der Waals surface area contributed by atoms with Crippen molar-refractivity contribution < 1.29 is 14.3 Å². The lowest BCUT2D eigenvalue weighted by atomic mass is 10.2. The van der Waals surface area contributed by atoms with Crippen LogP contribution in [-0.4, -0.2) is 21.0 Å². The SMILES string of the molecule is Cc1cccc(CSc2nc(-c3ccc(F)cc3)nc(C)c2C(=O)O)c1. The van der Waals surface area contributed by atoms with Crippen LogP contribution in [0.25, 0.3) is 11.4 Å². The number of benzene rings is 2. The van der Waals surface area contributed by atoms with E-state index < -0.39 is 5.97 Å². The standard InChI is InChI=1S/C20H17FN2O2S/c1-12-4-3-5-14(10-12)11-26-19-17(20(24)25)13(2)22-18(23-19)15-6-8-16(21)9-7-15/h3-10H,11H2,1-2H3,(H,24,25). The van der Waals surface area contributed by atoms with Crippen LogP contribution < -0.4 is 0 Å². The second-order valence-electron chi connectivity index (χ2n) is 5.90. The van der Waals surface area contributed by atoms with Gasteiger partial charge in [-0.1, -0.05) is 29.8 Å². The van der Waals surface area contributed by atoms with Crippen molar-refractivity contribution in [2.24, 2.45) is 0 Å². The highest BCUT2D eigenvalue weighted by Crippen LogP contribution is 2.29. The van der Waals surface area contributed by atoms with E-state index in [0.717, 1.165) is 11.1 Å². The number of rotatable bonds is 5. The summed E-state index contributed by atoms with van der Waals surface area (Å²) < 4.78 is 13.1. The van der Waals surface area contributed by atoms with Crippen molar-refractivity contribution in [3.05, 3.63) is 76.7 Å². The highest BCUT2D eigenvalue weighted by atomic mass is 32.2. The van der Waals surface area contributed by atoms with Crippen molar-refractivity contribution in [2.75, 3.05) is 0 Å². The Morgan fingerprint density at radius 1 is 1.12 bits per heavy atom. The first kappa shape index (κ1) is 18.1. The third kappa shape index (κ3) is 4.08. The Hall–Kier alpha value is -2.73. The zero-order chi connectivity index (χ0) is 18.7. The molecule has 132 valence electrons. The van der Waals surface area contributed by atoms with Gasteiger partial charge in [-0.15, -0.1) is 11.8 Å². The summed E-state index contributed by atoms with van der Waals surface area (Å²) in [5.41, 5.74) is 3.37. The van der Waals surface area contributed by atoms with Gasteiger partial charge in [-0.2, -0.15) is 0 Å². The summed E-state index contributed by atoms with van der Waals surface area (Å²) >= 11 is 1.36. The third-order valence-electron chi connectivity index (χ3n) is 3.83. The molecule has 1 N–H and O–H groups in total. The molecule has 0 bridgehead atoms. The molecule has 0 amide bonds. The lowest BCUT2D eigenvalue weighted by molar-refractivity contribution is 0.0690. The molecule has 0 fully saturated rings. The van der Waals surface area contributed by atoms with Crippen molar-refractivity contribution in [2.45, 2.75) is 24.6 Å². The first-order chi connectivity index (χ1) is 12.4. The molecular formula is C20H17FN2O2S. The lowest BCUT2D eigenvalue weighted by Gasteiger charge is -2.11. The molecule has 0 spiro atoms. The van der Waals surface area contributed by atoms with Crippen LogP contribution in [0.15, 0.2) is 53.6 Å². The monoisotopic (exact) mass is 368 g/mol. The van der Waals surface area contributed by atoms with Crippen molar-refractivity contribution in [1.82, 2.24) is 9.97 Å². The normalized spacial score (nSPS) is 10.7. The number of aromatic carboxylic acids is 1. The molecule has 0 saturated carbocycles. The summed E-state index contributed by atoms with van der Waals surface area (Å²) in [6, 6.07) is 13.9. The molecule has 0 aliphatic rings. The molecule has 0 radical (unpaired) electrons. The summed E-state index contributed by atoms with van der Waals surface area (Å²) in [4.78, 5) is 20.4. The number of nitrogens with zero attached hydrogens (tertiary/aromatic N) is 2. The molecule has 3 aromatic rings. The van der Waals surface area contributed by atoms with E-state index in [1.807, 2.05) is 25.1 Å². The summed E-state index contributed by atoms with van der Waals surface area (Å²) in [5.74, 6) is -0.415. The number of hydrogen-bond acceptors (Lipinski definition) is 4. The van der Waals surface area contributed by atoms with Gasteiger partial charge in [-0.25, -0.2) is 19.2 Å². The second-order valence-corrected chi connectivity index (χ2v) is 6.87.